The molecule has 5 nitrogen and oxygen atoms in total. The normalized spacial score (nSPS) is 11.6. The summed E-state index contributed by atoms with van der Waals surface area (Å²) in [7, 11) is 0. The number of pyridine rings is 1. The molecule has 1 aromatic heterocycles. The molecule has 0 atom stereocenters. The second kappa shape index (κ2) is 8.87. The van der Waals surface area contributed by atoms with E-state index in [2.05, 4.69) is 20.8 Å². The van der Waals surface area contributed by atoms with Crippen molar-refractivity contribution in [3.63, 3.8) is 0 Å². The molecule has 3 aromatic carbocycles. The maximum Gasteiger partial charge on any atom is 0.326 e. The Kier molecular flexibility index (Phi) is 5.99. The number of carbonyl (C=O) groups excluding carboxylic acids is 1. The predicted molar refractivity (Wildman–Crippen MR) is 127 cm³/mol. The summed E-state index contributed by atoms with van der Waals surface area (Å²) in [4.78, 5) is 25.4. The highest BCUT2D eigenvalue weighted by Gasteiger charge is 2.14. The lowest BCUT2D eigenvalue weighted by Gasteiger charge is -2.19. The number of benzene rings is 3. The Morgan fingerprint density at radius 1 is 0.812 bits per heavy atom. The van der Waals surface area contributed by atoms with E-state index in [1.54, 1.807) is 12.1 Å². The number of esters is 1. The van der Waals surface area contributed by atoms with E-state index in [4.69, 9.17) is 9.47 Å². The smallest absolute Gasteiger partial charge is 0.326 e. The number of para-hydroxylation sites is 2. The lowest BCUT2D eigenvalue weighted by Crippen LogP contribution is -2.20. The molecule has 0 aliphatic heterocycles. The van der Waals surface area contributed by atoms with Crippen LogP contribution in [0.2, 0.25) is 0 Å². The van der Waals surface area contributed by atoms with Crippen LogP contribution in [0.5, 0.6) is 5.75 Å². The molecule has 0 aliphatic rings. The van der Waals surface area contributed by atoms with E-state index in [1.165, 1.54) is 5.56 Å². The SMILES string of the molecule is CC(C)(C)c1ccc(OCCOC(=O)Cn2c3ccccc3c(=O)c3ccccc32)cc1. The first-order chi connectivity index (χ1) is 15.3. The molecule has 32 heavy (non-hydrogen) atoms. The van der Waals surface area contributed by atoms with Crippen LogP contribution in [0.1, 0.15) is 26.3 Å². The molecule has 5 heteroatoms. The maximum absolute atomic E-state index is 12.8. The molecule has 0 saturated carbocycles. The third kappa shape index (κ3) is 4.52. The van der Waals surface area contributed by atoms with Crippen molar-refractivity contribution in [1.29, 1.82) is 0 Å². The van der Waals surface area contributed by atoms with Gasteiger partial charge in [-0.05, 0) is 47.4 Å². The van der Waals surface area contributed by atoms with Crippen molar-refractivity contribution >= 4 is 27.8 Å². The van der Waals surface area contributed by atoms with Gasteiger partial charge < -0.3 is 14.0 Å². The summed E-state index contributed by atoms with van der Waals surface area (Å²) in [6.07, 6.45) is 0. The topological polar surface area (TPSA) is 57.5 Å². The van der Waals surface area contributed by atoms with Gasteiger partial charge in [-0.3, -0.25) is 9.59 Å². The highest BCUT2D eigenvalue weighted by atomic mass is 16.6. The van der Waals surface area contributed by atoms with Crippen LogP contribution < -0.4 is 10.2 Å². The number of rotatable bonds is 6. The van der Waals surface area contributed by atoms with Gasteiger partial charge >= 0.3 is 5.97 Å². The zero-order valence-corrected chi connectivity index (χ0v) is 18.6. The van der Waals surface area contributed by atoms with E-state index in [0.29, 0.717) is 21.8 Å². The first kappa shape index (κ1) is 21.6. The van der Waals surface area contributed by atoms with Crippen molar-refractivity contribution in [2.45, 2.75) is 32.7 Å². The van der Waals surface area contributed by atoms with Crippen molar-refractivity contribution in [2.75, 3.05) is 13.2 Å². The summed E-state index contributed by atoms with van der Waals surface area (Å²) in [6, 6.07) is 22.6. The van der Waals surface area contributed by atoms with Gasteiger partial charge in [0.1, 0.15) is 25.5 Å². The number of hydrogen-bond acceptors (Lipinski definition) is 4. The number of hydrogen-bond donors (Lipinski definition) is 0. The molecular weight excluding hydrogens is 402 g/mol. The number of carbonyl (C=O) groups is 1. The van der Waals surface area contributed by atoms with Gasteiger partial charge in [0.15, 0.2) is 5.43 Å². The van der Waals surface area contributed by atoms with Crippen LogP contribution in [0.25, 0.3) is 21.8 Å². The Bertz CT molecular complexity index is 1250. The van der Waals surface area contributed by atoms with Crippen LogP contribution in [-0.2, 0) is 21.5 Å². The average Bonchev–Trinajstić information content (AvgIpc) is 2.79. The predicted octanol–water partition coefficient (Wildman–Crippen LogP) is 5.07. The third-order valence-corrected chi connectivity index (χ3v) is 5.50. The molecule has 0 bridgehead atoms. The van der Waals surface area contributed by atoms with Crippen molar-refractivity contribution in [2.24, 2.45) is 0 Å². The molecule has 4 rings (SSSR count). The van der Waals surface area contributed by atoms with E-state index in [-0.39, 0.29) is 36.6 Å². The first-order valence-corrected chi connectivity index (χ1v) is 10.7. The number of fused-ring (bicyclic) bond motifs is 2. The summed E-state index contributed by atoms with van der Waals surface area (Å²) in [5.74, 6) is 0.363. The van der Waals surface area contributed by atoms with E-state index < -0.39 is 0 Å². The monoisotopic (exact) mass is 429 g/mol. The summed E-state index contributed by atoms with van der Waals surface area (Å²) in [6.45, 7) is 6.93. The Morgan fingerprint density at radius 3 is 1.94 bits per heavy atom. The molecule has 0 fully saturated rings. The van der Waals surface area contributed by atoms with Crippen molar-refractivity contribution in [3.8, 4) is 5.75 Å². The van der Waals surface area contributed by atoms with Crippen molar-refractivity contribution in [1.82, 2.24) is 4.57 Å². The standard InChI is InChI=1S/C27H27NO4/c1-27(2,3)19-12-14-20(15-13-19)31-16-17-32-25(29)18-28-23-10-6-4-8-21(23)26(30)22-9-5-7-11-24(22)28/h4-15H,16-18H2,1-3H3. The second-order valence-electron chi connectivity index (χ2n) is 8.79. The van der Waals surface area contributed by atoms with Gasteiger partial charge in [0, 0.05) is 10.8 Å². The molecule has 0 aliphatic carbocycles. The largest absolute Gasteiger partial charge is 0.490 e. The molecule has 0 unspecified atom stereocenters. The van der Waals surface area contributed by atoms with Crippen LogP contribution in [-0.4, -0.2) is 23.8 Å². The van der Waals surface area contributed by atoms with E-state index in [0.717, 1.165) is 5.75 Å². The Morgan fingerprint density at radius 2 is 1.38 bits per heavy atom. The van der Waals surface area contributed by atoms with Gasteiger partial charge in [-0.1, -0.05) is 57.2 Å². The molecular formula is C27H27NO4. The molecule has 0 saturated heterocycles. The molecule has 0 radical (unpaired) electrons. The van der Waals surface area contributed by atoms with Gasteiger partial charge in [0.25, 0.3) is 0 Å². The minimum Gasteiger partial charge on any atom is -0.490 e. The van der Waals surface area contributed by atoms with Crippen LogP contribution >= 0.6 is 0 Å². The van der Waals surface area contributed by atoms with E-state index in [9.17, 15) is 9.59 Å². The minimum atomic E-state index is -0.379. The number of ether oxygens (including phenoxy) is 2. The Balaban J connectivity index is 1.42. The Hall–Kier alpha value is -3.60. The fourth-order valence-electron chi connectivity index (χ4n) is 3.79. The summed E-state index contributed by atoms with van der Waals surface area (Å²) >= 11 is 0. The van der Waals surface area contributed by atoms with Crippen LogP contribution in [0.4, 0.5) is 0 Å². The second-order valence-corrected chi connectivity index (χ2v) is 8.79. The lowest BCUT2D eigenvalue weighted by molar-refractivity contribution is -0.144. The zero-order valence-electron chi connectivity index (χ0n) is 18.6. The van der Waals surface area contributed by atoms with Crippen molar-refractivity contribution in [3.05, 3.63) is 88.6 Å². The van der Waals surface area contributed by atoms with E-state index >= 15 is 0 Å². The molecule has 4 aromatic rings. The molecule has 0 amide bonds. The molecule has 1 heterocycles. The lowest BCUT2D eigenvalue weighted by atomic mass is 9.87. The van der Waals surface area contributed by atoms with Crippen LogP contribution in [0.15, 0.2) is 77.6 Å². The van der Waals surface area contributed by atoms with Gasteiger partial charge in [-0.2, -0.15) is 0 Å². The van der Waals surface area contributed by atoms with Crippen LogP contribution in [0, 0.1) is 0 Å². The molecule has 0 spiro atoms. The molecule has 0 N–H and O–H groups in total. The third-order valence-electron chi connectivity index (χ3n) is 5.50. The maximum atomic E-state index is 12.8. The zero-order chi connectivity index (χ0) is 22.7. The van der Waals surface area contributed by atoms with E-state index in [1.807, 2.05) is 65.2 Å². The summed E-state index contributed by atoms with van der Waals surface area (Å²) in [5.41, 5.74) is 2.71. The fourth-order valence-corrected chi connectivity index (χ4v) is 3.79. The number of nitrogens with zero attached hydrogens (tertiary/aromatic N) is 1. The van der Waals surface area contributed by atoms with Gasteiger partial charge in [0.2, 0.25) is 0 Å². The van der Waals surface area contributed by atoms with Crippen LogP contribution in [0.3, 0.4) is 0 Å². The fraction of sp³-hybridized carbons (Fsp3) is 0.259. The highest BCUT2D eigenvalue weighted by Crippen LogP contribution is 2.24. The van der Waals surface area contributed by atoms with Gasteiger partial charge in [-0.15, -0.1) is 0 Å². The first-order valence-electron chi connectivity index (χ1n) is 10.7. The number of aromatic nitrogens is 1. The summed E-state index contributed by atoms with van der Waals surface area (Å²) in [5, 5.41) is 1.17. The van der Waals surface area contributed by atoms with Crippen molar-refractivity contribution < 1.29 is 14.3 Å². The molecule has 164 valence electrons. The van der Waals surface area contributed by atoms with Gasteiger partial charge in [0.05, 0.1) is 11.0 Å². The average molecular weight is 430 g/mol. The summed E-state index contributed by atoms with van der Waals surface area (Å²) < 4.78 is 12.9. The Labute approximate surface area is 187 Å². The van der Waals surface area contributed by atoms with Gasteiger partial charge in [-0.25, -0.2) is 0 Å². The highest BCUT2D eigenvalue weighted by molar-refractivity contribution is 5.94. The quantitative estimate of drug-likeness (QED) is 0.244. The minimum absolute atomic E-state index is 0.0155.